The van der Waals surface area contributed by atoms with E-state index >= 15 is 0 Å². The summed E-state index contributed by atoms with van der Waals surface area (Å²) in [7, 11) is 1.84. The third-order valence-electron chi connectivity index (χ3n) is 5.73. The molecule has 1 saturated heterocycles. The number of imidazole rings is 1. The molecule has 7 heteroatoms. The first-order chi connectivity index (χ1) is 14.5. The molecule has 1 aromatic heterocycles. The number of likely N-dealkylation sites (tertiary alicyclic amines) is 1. The van der Waals surface area contributed by atoms with Crippen LogP contribution in [0.4, 0.5) is 4.79 Å². The van der Waals surface area contributed by atoms with Crippen molar-refractivity contribution >= 4 is 6.03 Å². The van der Waals surface area contributed by atoms with E-state index in [1.165, 1.54) is 28.6 Å². The van der Waals surface area contributed by atoms with E-state index in [4.69, 9.17) is 0 Å². The van der Waals surface area contributed by atoms with Gasteiger partial charge in [-0.25, -0.2) is 9.78 Å². The quantitative estimate of drug-likeness (QED) is 0.648. The average Bonchev–Trinajstić information content (AvgIpc) is 3.26. The standard InChI is InChI=1S/C23H26N4O3/c1-25(19-9-11-26(12-10-19)14-17-5-3-2-4-6-17)23(30)27-15-20(24-16-27)18-7-8-21(28)22(29)13-18/h2-8,13,15-16,19,28-29H,9-12,14H2,1H3. The fourth-order valence-corrected chi connectivity index (χ4v) is 3.90. The van der Waals surface area contributed by atoms with Crippen molar-refractivity contribution in [2.75, 3.05) is 20.1 Å². The van der Waals surface area contributed by atoms with Gasteiger partial charge in [-0.3, -0.25) is 9.47 Å². The van der Waals surface area contributed by atoms with Crippen LogP contribution in [-0.2, 0) is 6.54 Å². The van der Waals surface area contributed by atoms with Gasteiger partial charge in [-0.1, -0.05) is 30.3 Å². The fraction of sp³-hybridized carbons (Fsp3) is 0.304. The van der Waals surface area contributed by atoms with Crippen molar-refractivity contribution in [3.63, 3.8) is 0 Å². The minimum atomic E-state index is -0.215. The van der Waals surface area contributed by atoms with Gasteiger partial charge in [-0.2, -0.15) is 0 Å². The molecule has 0 bridgehead atoms. The fourth-order valence-electron chi connectivity index (χ4n) is 3.90. The maximum Gasteiger partial charge on any atom is 0.329 e. The van der Waals surface area contributed by atoms with Crippen LogP contribution in [0.25, 0.3) is 11.3 Å². The summed E-state index contributed by atoms with van der Waals surface area (Å²) in [5, 5.41) is 19.1. The molecule has 3 aromatic rings. The lowest BCUT2D eigenvalue weighted by molar-refractivity contribution is 0.132. The molecule has 1 fully saturated rings. The van der Waals surface area contributed by atoms with Crippen molar-refractivity contribution in [1.82, 2.24) is 19.4 Å². The predicted octanol–water partition coefficient (Wildman–Crippen LogP) is 3.53. The molecule has 1 aliphatic heterocycles. The highest BCUT2D eigenvalue weighted by Crippen LogP contribution is 2.29. The molecule has 0 spiro atoms. The molecule has 0 aliphatic carbocycles. The summed E-state index contributed by atoms with van der Waals surface area (Å²) in [5.41, 5.74) is 2.50. The van der Waals surface area contributed by atoms with E-state index in [9.17, 15) is 15.0 Å². The van der Waals surface area contributed by atoms with E-state index in [1.807, 2.05) is 13.1 Å². The monoisotopic (exact) mass is 406 g/mol. The van der Waals surface area contributed by atoms with E-state index in [0.717, 1.165) is 32.5 Å². The Kier molecular flexibility index (Phi) is 5.72. The Labute approximate surface area is 175 Å². The van der Waals surface area contributed by atoms with Gasteiger partial charge in [0, 0.05) is 44.5 Å². The number of nitrogens with zero attached hydrogens (tertiary/aromatic N) is 4. The molecule has 0 saturated carbocycles. The van der Waals surface area contributed by atoms with Crippen LogP contribution in [0.5, 0.6) is 11.5 Å². The van der Waals surface area contributed by atoms with Crippen molar-refractivity contribution < 1.29 is 15.0 Å². The maximum absolute atomic E-state index is 12.9. The van der Waals surface area contributed by atoms with E-state index in [1.54, 1.807) is 17.2 Å². The molecule has 7 nitrogen and oxygen atoms in total. The zero-order chi connectivity index (χ0) is 21.1. The van der Waals surface area contributed by atoms with E-state index in [0.29, 0.717) is 11.3 Å². The SMILES string of the molecule is CN(C(=O)n1cnc(-c2ccc(O)c(O)c2)c1)C1CCN(Cc2ccccc2)CC1. The predicted molar refractivity (Wildman–Crippen MR) is 114 cm³/mol. The van der Waals surface area contributed by atoms with Crippen molar-refractivity contribution in [3.05, 3.63) is 66.6 Å². The highest BCUT2D eigenvalue weighted by atomic mass is 16.3. The first-order valence-corrected chi connectivity index (χ1v) is 10.1. The van der Waals surface area contributed by atoms with Crippen LogP contribution >= 0.6 is 0 Å². The first-order valence-electron chi connectivity index (χ1n) is 10.1. The minimum absolute atomic E-state index is 0.127. The van der Waals surface area contributed by atoms with E-state index in [2.05, 4.69) is 34.1 Å². The Balaban J connectivity index is 1.36. The highest BCUT2D eigenvalue weighted by Gasteiger charge is 2.26. The molecule has 2 aromatic carbocycles. The number of benzene rings is 2. The van der Waals surface area contributed by atoms with Gasteiger partial charge in [0.25, 0.3) is 0 Å². The zero-order valence-corrected chi connectivity index (χ0v) is 17.0. The summed E-state index contributed by atoms with van der Waals surface area (Å²) < 4.78 is 1.47. The van der Waals surface area contributed by atoms with Crippen LogP contribution in [0.3, 0.4) is 0 Å². The number of rotatable bonds is 4. The minimum Gasteiger partial charge on any atom is -0.504 e. The first kappa shape index (κ1) is 20.0. The second kappa shape index (κ2) is 8.59. The Morgan fingerprint density at radius 3 is 2.53 bits per heavy atom. The maximum atomic E-state index is 12.9. The number of amides is 1. The number of phenolic OH excluding ortho intramolecular Hbond substituents is 2. The molecule has 0 atom stereocenters. The van der Waals surface area contributed by atoms with Crippen LogP contribution in [0, 0.1) is 0 Å². The number of hydrogen-bond acceptors (Lipinski definition) is 5. The molecule has 156 valence electrons. The Hall–Kier alpha value is -3.32. The topological polar surface area (TPSA) is 81.8 Å². The van der Waals surface area contributed by atoms with Gasteiger partial charge in [0.1, 0.15) is 6.33 Å². The lowest BCUT2D eigenvalue weighted by Gasteiger charge is -2.36. The van der Waals surface area contributed by atoms with Gasteiger partial charge >= 0.3 is 6.03 Å². The second-order valence-corrected chi connectivity index (χ2v) is 7.76. The summed E-state index contributed by atoms with van der Waals surface area (Å²) in [5.74, 6) is -0.402. The Morgan fingerprint density at radius 1 is 1.10 bits per heavy atom. The number of hydrogen-bond donors (Lipinski definition) is 2. The third kappa shape index (κ3) is 4.31. The molecular weight excluding hydrogens is 380 g/mol. The smallest absolute Gasteiger partial charge is 0.329 e. The average molecular weight is 406 g/mol. The van der Waals surface area contributed by atoms with Gasteiger partial charge in [0.05, 0.1) is 5.69 Å². The summed E-state index contributed by atoms with van der Waals surface area (Å²) in [6, 6.07) is 15.0. The lowest BCUT2D eigenvalue weighted by atomic mass is 10.0. The number of aromatic hydroxyl groups is 2. The molecule has 4 rings (SSSR count). The van der Waals surface area contributed by atoms with Crippen LogP contribution in [-0.4, -0.2) is 61.8 Å². The lowest BCUT2D eigenvalue weighted by Crippen LogP contribution is -2.46. The summed E-state index contributed by atoms with van der Waals surface area (Å²) >= 11 is 0. The number of aromatic nitrogens is 2. The Bertz CT molecular complexity index is 1010. The second-order valence-electron chi connectivity index (χ2n) is 7.76. The van der Waals surface area contributed by atoms with Gasteiger partial charge in [-0.05, 0) is 36.6 Å². The molecule has 2 N–H and O–H groups in total. The van der Waals surface area contributed by atoms with Crippen LogP contribution < -0.4 is 0 Å². The van der Waals surface area contributed by atoms with Crippen molar-refractivity contribution in [3.8, 4) is 22.8 Å². The number of phenols is 2. The van der Waals surface area contributed by atoms with Crippen LogP contribution in [0.1, 0.15) is 18.4 Å². The number of piperidine rings is 1. The van der Waals surface area contributed by atoms with Crippen LogP contribution in [0.2, 0.25) is 0 Å². The summed E-state index contributed by atoms with van der Waals surface area (Å²) in [4.78, 5) is 21.4. The molecule has 0 radical (unpaired) electrons. The van der Waals surface area contributed by atoms with Crippen molar-refractivity contribution in [1.29, 1.82) is 0 Å². The van der Waals surface area contributed by atoms with Crippen molar-refractivity contribution in [2.45, 2.75) is 25.4 Å². The molecule has 30 heavy (non-hydrogen) atoms. The molecule has 1 aliphatic rings. The normalized spacial score (nSPS) is 15.2. The van der Waals surface area contributed by atoms with E-state index < -0.39 is 0 Å². The van der Waals surface area contributed by atoms with Crippen LogP contribution in [0.15, 0.2) is 61.1 Å². The molecule has 1 amide bonds. The van der Waals surface area contributed by atoms with Gasteiger partial charge in [-0.15, -0.1) is 0 Å². The Morgan fingerprint density at radius 2 is 1.83 bits per heavy atom. The van der Waals surface area contributed by atoms with E-state index in [-0.39, 0.29) is 23.6 Å². The van der Waals surface area contributed by atoms with Gasteiger partial charge in [0.15, 0.2) is 11.5 Å². The zero-order valence-electron chi connectivity index (χ0n) is 17.0. The van der Waals surface area contributed by atoms with Gasteiger partial charge < -0.3 is 15.1 Å². The molecule has 0 unspecified atom stereocenters. The highest BCUT2D eigenvalue weighted by molar-refractivity contribution is 5.78. The van der Waals surface area contributed by atoms with Crippen molar-refractivity contribution in [2.24, 2.45) is 0 Å². The third-order valence-corrected chi connectivity index (χ3v) is 5.73. The molecular formula is C23H26N4O3. The summed E-state index contributed by atoms with van der Waals surface area (Å²) in [6.07, 6.45) is 5.00. The van der Waals surface area contributed by atoms with Gasteiger partial charge in [0.2, 0.25) is 0 Å². The summed E-state index contributed by atoms with van der Waals surface area (Å²) in [6.45, 7) is 2.86. The largest absolute Gasteiger partial charge is 0.504 e. The number of carbonyl (C=O) groups is 1. The number of carbonyl (C=O) groups excluding carboxylic acids is 1. The molecule has 2 heterocycles.